The fourth-order valence-electron chi connectivity index (χ4n) is 2.58. The number of hydrogen-bond acceptors (Lipinski definition) is 4. The Balaban J connectivity index is 1.54. The molecule has 0 saturated heterocycles. The van der Waals surface area contributed by atoms with Crippen LogP contribution in [0.15, 0.2) is 48.8 Å². The molecule has 3 rings (SSSR count). The number of para-hydroxylation sites is 1. The smallest absolute Gasteiger partial charge is 0.254 e. The molecule has 3 N–H and O–H groups in total. The Kier molecular flexibility index (Phi) is 5.03. The van der Waals surface area contributed by atoms with E-state index in [1.165, 1.54) is 0 Å². The highest BCUT2D eigenvalue weighted by Crippen LogP contribution is 2.19. The highest BCUT2D eigenvalue weighted by atomic mass is 16.2. The van der Waals surface area contributed by atoms with Crippen molar-refractivity contribution in [3.8, 4) is 0 Å². The first-order valence-electron chi connectivity index (χ1n) is 8.00. The normalized spacial score (nSPS) is 16.2. The van der Waals surface area contributed by atoms with Crippen LogP contribution in [0.1, 0.15) is 28.8 Å². The Morgan fingerprint density at radius 1 is 1.12 bits per heavy atom. The van der Waals surface area contributed by atoms with Gasteiger partial charge in [0.15, 0.2) is 0 Å². The Morgan fingerprint density at radius 3 is 2.68 bits per heavy atom. The maximum absolute atomic E-state index is 12.2. The number of hydrogen-bond donors (Lipinski definition) is 3. The first-order chi connectivity index (χ1) is 12.1. The number of amides is 3. The van der Waals surface area contributed by atoms with Gasteiger partial charge in [-0.3, -0.25) is 19.4 Å². The second kappa shape index (κ2) is 7.57. The molecular weight excluding hydrogens is 320 g/mol. The van der Waals surface area contributed by atoms with Crippen molar-refractivity contribution in [3.63, 3.8) is 0 Å². The lowest BCUT2D eigenvalue weighted by Gasteiger charge is -2.14. The summed E-state index contributed by atoms with van der Waals surface area (Å²) < 4.78 is 0. The van der Waals surface area contributed by atoms with Gasteiger partial charge in [0.1, 0.15) is 6.04 Å². The van der Waals surface area contributed by atoms with Crippen LogP contribution >= 0.6 is 0 Å². The van der Waals surface area contributed by atoms with E-state index in [1.54, 1.807) is 36.7 Å². The Hall–Kier alpha value is -3.22. The van der Waals surface area contributed by atoms with Crippen molar-refractivity contribution < 1.29 is 14.4 Å². The lowest BCUT2D eigenvalue weighted by Crippen LogP contribution is -2.42. The van der Waals surface area contributed by atoms with Gasteiger partial charge in [-0.1, -0.05) is 12.1 Å². The Bertz CT molecular complexity index is 792. The number of benzene rings is 1. The minimum Gasteiger partial charge on any atom is -0.352 e. The summed E-state index contributed by atoms with van der Waals surface area (Å²) in [7, 11) is 0. The number of rotatable bonds is 5. The van der Waals surface area contributed by atoms with Crippen molar-refractivity contribution in [2.24, 2.45) is 0 Å². The fraction of sp³-hybridized carbons (Fsp3) is 0.222. The van der Waals surface area contributed by atoms with Gasteiger partial charge in [0.25, 0.3) is 5.91 Å². The molecule has 0 unspecified atom stereocenters. The molecule has 1 aliphatic rings. The summed E-state index contributed by atoms with van der Waals surface area (Å²) in [5.41, 5.74) is 1.84. The van der Waals surface area contributed by atoms with Crippen molar-refractivity contribution >= 4 is 23.4 Å². The van der Waals surface area contributed by atoms with E-state index in [0.717, 1.165) is 5.56 Å². The number of pyridine rings is 1. The molecular formula is C18H18N4O3. The van der Waals surface area contributed by atoms with Crippen LogP contribution in [-0.2, 0) is 16.1 Å². The van der Waals surface area contributed by atoms with E-state index in [2.05, 4.69) is 20.9 Å². The molecule has 0 aliphatic carbocycles. The highest BCUT2D eigenvalue weighted by molar-refractivity contribution is 6.09. The fourth-order valence-corrected chi connectivity index (χ4v) is 2.58. The molecule has 1 atom stereocenters. The van der Waals surface area contributed by atoms with Gasteiger partial charge in [0, 0.05) is 25.4 Å². The minimum atomic E-state index is -0.744. The van der Waals surface area contributed by atoms with E-state index in [-0.39, 0.29) is 30.6 Å². The average Bonchev–Trinajstić information content (AvgIpc) is 2.75. The SMILES string of the molecule is O=C(CC[C@H]1NC(=O)c2ccccc2NC1=O)NCc1ccncc1. The van der Waals surface area contributed by atoms with E-state index in [4.69, 9.17) is 0 Å². The van der Waals surface area contributed by atoms with Crippen LogP contribution in [0.25, 0.3) is 0 Å². The number of carbonyl (C=O) groups excluding carboxylic acids is 3. The van der Waals surface area contributed by atoms with Gasteiger partial charge >= 0.3 is 0 Å². The monoisotopic (exact) mass is 338 g/mol. The van der Waals surface area contributed by atoms with Gasteiger partial charge in [-0.25, -0.2) is 0 Å². The summed E-state index contributed by atoms with van der Waals surface area (Å²) in [6.07, 6.45) is 3.68. The summed E-state index contributed by atoms with van der Waals surface area (Å²) >= 11 is 0. The molecule has 0 saturated carbocycles. The van der Waals surface area contributed by atoms with Gasteiger partial charge in [0.05, 0.1) is 11.3 Å². The van der Waals surface area contributed by atoms with Crippen molar-refractivity contribution in [1.82, 2.24) is 15.6 Å². The zero-order chi connectivity index (χ0) is 17.6. The van der Waals surface area contributed by atoms with Crippen molar-refractivity contribution in [3.05, 3.63) is 59.9 Å². The molecule has 0 fully saturated rings. The average molecular weight is 338 g/mol. The van der Waals surface area contributed by atoms with E-state index < -0.39 is 6.04 Å². The largest absolute Gasteiger partial charge is 0.352 e. The number of nitrogens with one attached hydrogen (secondary N) is 3. The predicted molar refractivity (Wildman–Crippen MR) is 91.6 cm³/mol. The lowest BCUT2D eigenvalue weighted by molar-refractivity contribution is -0.122. The van der Waals surface area contributed by atoms with Gasteiger partial charge in [0.2, 0.25) is 11.8 Å². The van der Waals surface area contributed by atoms with Gasteiger partial charge in [-0.15, -0.1) is 0 Å². The van der Waals surface area contributed by atoms with E-state index in [9.17, 15) is 14.4 Å². The summed E-state index contributed by atoms with van der Waals surface area (Å²) in [6.45, 7) is 0.399. The third-order valence-electron chi connectivity index (χ3n) is 3.95. The topological polar surface area (TPSA) is 100 Å². The molecule has 1 aliphatic heterocycles. The zero-order valence-corrected chi connectivity index (χ0v) is 13.5. The van der Waals surface area contributed by atoms with E-state index in [1.807, 2.05) is 12.1 Å². The van der Waals surface area contributed by atoms with Crippen LogP contribution in [0.3, 0.4) is 0 Å². The number of aromatic nitrogens is 1. The van der Waals surface area contributed by atoms with Crippen LogP contribution in [0.5, 0.6) is 0 Å². The third kappa shape index (κ3) is 4.20. The second-order valence-corrected chi connectivity index (χ2v) is 5.73. The van der Waals surface area contributed by atoms with Gasteiger partial charge in [-0.05, 0) is 36.2 Å². The first kappa shape index (κ1) is 16.6. The quantitative estimate of drug-likeness (QED) is 0.763. The molecule has 7 heteroatoms. The standard InChI is InChI=1S/C18H18N4O3/c23-16(20-11-12-7-9-19-10-8-12)6-5-15-18(25)21-14-4-2-1-3-13(14)17(24)22-15/h1-4,7-10,15H,5-6,11H2,(H,20,23)(H,21,25)(H,22,24)/t15-/m1/s1. The molecule has 0 spiro atoms. The second-order valence-electron chi connectivity index (χ2n) is 5.73. The van der Waals surface area contributed by atoms with E-state index in [0.29, 0.717) is 17.8 Å². The predicted octanol–water partition coefficient (Wildman–Crippen LogP) is 1.23. The summed E-state index contributed by atoms with van der Waals surface area (Å²) in [4.78, 5) is 40.4. The van der Waals surface area contributed by atoms with Crippen LogP contribution in [0.4, 0.5) is 5.69 Å². The molecule has 1 aromatic heterocycles. The van der Waals surface area contributed by atoms with Gasteiger partial charge in [-0.2, -0.15) is 0 Å². The molecule has 3 amide bonds. The lowest BCUT2D eigenvalue weighted by atomic mass is 10.1. The summed E-state index contributed by atoms with van der Waals surface area (Å²) in [6, 6.07) is 9.70. The third-order valence-corrected chi connectivity index (χ3v) is 3.95. The maximum atomic E-state index is 12.2. The first-order valence-corrected chi connectivity index (χ1v) is 8.00. The molecule has 25 heavy (non-hydrogen) atoms. The molecule has 2 aromatic rings. The minimum absolute atomic E-state index is 0.139. The molecule has 1 aromatic carbocycles. The number of fused-ring (bicyclic) bond motifs is 1. The maximum Gasteiger partial charge on any atom is 0.254 e. The number of anilines is 1. The zero-order valence-electron chi connectivity index (χ0n) is 13.5. The van der Waals surface area contributed by atoms with Gasteiger partial charge < -0.3 is 16.0 Å². The van der Waals surface area contributed by atoms with Crippen LogP contribution in [-0.4, -0.2) is 28.7 Å². The molecule has 128 valence electrons. The van der Waals surface area contributed by atoms with Crippen LogP contribution < -0.4 is 16.0 Å². The summed E-state index contributed by atoms with van der Waals surface area (Å²) in [5.74, 6) is -0.822. The summed E-state index contributed by atoms with van der Waals surface area (Å²) in [5, 5.41) is 8.18. The Labute approximate surface area is 144 Å². The number of carbonyl (C=O) groups is 3. The van der Waals surface area contributed by atoms with Crippen molar-refractivity contribution in [1.29, 1.82) is 0 Å². The highest BCUT2D eigenvalue weighted by Gasteiger charge is 2.27. The molecule has 2 heterocycles. The molecule has 0 radical (unpaired) electrons. The van der Waals surface area contributed by atoms with E-state index >= 15 is 0 Å². The van der Waals surface area contributed by atoms with Crippen molar-refractivity contribution in [2.45, 2.75) is 25.4 Å². The Morgan fingerprint density at radius 2 is 1.88 bits per heavy atom. The van der Waals surface area contributed by atoms with Crippen LogP contribution in [0.2, 0.25) is 0 Å². The molecule has 7 nitrogen and oxygen atoms in total. The molecule has 0 bridgehead atoms. The van der Waals surface area contributed by atoms with Crippen molar-refractivity contribution in [2.75, 3.05) is 5.32 Å². The van der Waals surface area contributed by atoms with Crippen LogP contribution in [0, 0.1) is 0 Å². The number of nitrogens with zero attached hydrogens (tertiary/aromatic N) is 1.